The Balaban J connectivity index is 3.57. The highest BCUT2D eigenvalue weighted by atomic mass is 32.2. The first-order valence-corrected chi connectivity index (χ1v) is 4.30. The van der Waals surface area contributed by atoms with Gasteiger partial charge in [-0.3, -0.25) is 4.79 Å². The number of H-pyrrole nitrogens is 1. The van der Waals surface area contributed by atoms with Gasteiger partial charge in [0.15, 0.2) is 4.64 Å². The van der Waals surface area contributed by atoms with Crippen molar-refractivity contribution >= 4 is 21.9 Å². The monoisotopic (exact) mass is 201 g/mol. The molecule has 0 saturated carbocycles. The largest absolute Gasteiger partial charge is 0.396 e. The number of anilines is 1. The molecule has 0 aliphatic rings. The molecule has 0 saturated heterocycles. The van der Waals surface area contributed by atoms with Crippen LogP contribution in [0.3, 0.4) is 0 Å². The summed E-state index contributed by atoms with van der Waals surface area (Å²) in [6.45, 7) is 0. The summed E-state index contributed by atoms with van der Waals surface area (Å²) in [5.74, 6) is -0.675. The molecular formula is C6H7N3O3S. The van der Waals surface area contributed by atoms with E-state index in [1.807, 2.05) is 0 Å². The zero-order valence-electron chi connectivity index (χ0n) is 6.44. The van der Waals surface area contributed by atoms with Crippen LogP contribution in [0, 0.1) is 4.64 Å². The number of nitrogens with two attached hydrogens (primary N) is 2. The molecule has 1 aromatic heterocycles. The predicted octanol–water partition coefficient (Wildman–Crippen LogP) is -0.893. The molecule has 1 heterocycles. The number of hydrogen-bond acceptors (Lipinski definition) is 4. The van der Waals surface area contributed by atoms with E-state index in [2.05, 4.69) is 4.98 Å². The number of primary amides is 1. The molecule has 1 amide bonds. The second kappa shape index (κ2) is 3.31. The number of carbonyl (C=O) groups excluding carboxylic acids is 1. The topological polar surface area (TPSA) is 119 Å². The van der Waals surface area contributed by atoms with E-state index in [4.69, 9.17) is 11.5 Å². The molecule has 70 valence electrons. The lowest BCUT2D eigenvalue weighted by molar-refractivity contribution is 0.1000. The highest BCUT2D eigenvalue weighted by Crippen LogP contribution is 2.04. The lowest BCUT2D eigenvalue weighted by atomic mass is 10.2. The Morgan fingerprint density at radius 3 is 2.46 bits per heavy atom. The summed E-state index contributed by atoms with van der Waals surface area (Å²) >= 11 is 0. The summed E-state index contributed by atoms with van der Waals surface area (Å²) in [6, 6.07) is 1.20. The van der Waals surface area contributed by atoms with Gasteiger partial charge < -0.3 is 16.5 Å². The van der Waals surface area contributed by atoms with Crippen molar-refractivity contribution in [3.8, 4) is 0 Å². The van der Waals surface area contributed by atoms with Gasteiger partial charge in [0.2, 0.25) is 16.2 Å². The molecule has 0 unspecified atom stereocenters. The number of nitrogen functional groups attached to an aromatic ring is 1. The Bertz CT molecular complexity index is 506. The van der Waals surface area contributed by atoms with Crippen molar-refractivity contribution in [1.82, 2.24) is 4.98 Å². The molecule has 13 heavy (non-hydrogen) atoms. The van der Waals surface area contributed by atoms with Crippen LogP contribution in [0.2, 0.25) is 0 Å². The molecular weight excluding hydrogens is 194 g/mol. The minimum Gasteiger partial charge on any atom is -0.396 e. The number of aromatic nitrogens is 1. The lowest BCUT2D eigenvalue weighted by Crippen LogP contribution is -2.11. The van der Waals surface area contributed by atoms with E-state index in [0.717, 1.165) is 0 Å². The molecule has 0 aromatic carbocycles. The fourth-order valence-corrected chi connectivity index (χ4v) is 1.19. The quantitative estimate of drug-likeness (QED) is 0.510. The van der Waals surface area contributed by atoms with E-state index < -0.39 is 16.2 Å². The first kappa shape index (κ1) is 9.33. The normalized spacial score (nSPS) is 9.54. The van der Waals surface area contributed by atoms with Gasteiger partial charge in [0.05, 0.1) is 11.3 Å². The average Bonchev–Trinajstić information content (AvgIpc) is 2.03. The van der Waals surface area contributed by atoms with Crippen molar-refractivity contribution in [1.29, 1.82) is 0 Å². The summed E-state index contributed by atoms with van der Waals surface area (Å²) in [5, 5.41) is 0. The Labute approximate surface area is 74.7 Å². The van der Waals surface area contributed by atoms with E-state index in [0.29, 0.717) is 0 Å². The molecule has 7 heteroatoms. The third kappa shape index (κ3) is 1.88. The second-order valence-corrected chi connectivity index (χ2v) is 3.15. The maximum absolute atomic E-state index is 10.6. The Morgan fingerprint density at radius 1 is 1.46 bits per heavy atom. The summed E-state index contributed by atoms with van der Waals surface area (Å²) in [5.41, 5.74) is 10.4. The summed E-state index contributed by atoms with van der Waals surface area (Å²) in [6.07, 6.45) is 1.18. The first-order valence-electron chi connectivity index (χ1n) is 3.22. The van der Waals surface area contributed by atoms with E-state index in [1.165, 1.54) is 12.3 Å². The van der Waals surface area contributed by atoms with Gasteiger partial charge in [-0.25, -0.2) is 0 Å². The fraction of sp³-hybridized carbons (Fsp3) is 0. The fourth-order valence-electron chi connectivity index (χ4n) is 0.788. The molecule has 0 atom stereocenters. The van der Waals surface area contributed by atoms with E-state index >= 15 is 0 Å². The van der Waals surface area contributed by atoms with E-state index in [9.17, 15) is 13.2 Å². The Morgan fingerprint density at radius 2 is 2.08 bits per heavy atom. The molecule has 0 aliphatic heterocycles. The predicted molar refractivity (Wildman–Crippen MR) is 45.9 cm³/mol. The van der Waals surface area contributed by atoms with Crippen LogP contribution >= 0.6 is 0 Å². The highest BCUT2D eigenvalue weighted by molar-refractivity contribution is 7.63. The zero-order valence-corrected chi connectivity index (χ0v) is 7.26. The van der Waals surface area contributed by atoms with Crippen molar-refractivity contribution in [2.24, 2.45) is 5.73 Å². The number of carbonyl (C=O) groups is 1. The van der Waals surface area contributed by atoms with Gasteiger partial charge in [-0.2, -0.15) is 8.42 Å². The molecule has 5 N–H and O–H groups in total. The van der Waals surface area contributed by atoms with Crippen LogP contribution in [-0.4, -0.2) is 19.3 Å². The SMILES string of the molecule is NC(=O)c1c[nH]c(=S(=O)=O)c(N)c1. The minimum absolute atomic E-state index is 0.0374. The molecule has 1 rings (SSSR count). The standard InChI is InChI=1S/C6H7N3O3S/c7-4-1-3(5(8)10)2-9-6(4)13(11)12/h1-2,9H,7H2,(H2,8,10). The van der Waals surface area contributed by atoms with Gasteiger partial charge in [0.1, 0.15) is 0 Å². The Hall–Kier alpha value is -1.76. The summed E-state index contributed by atoms with van der Waals surface area (Å²) in [7, 11) is -2.44. The van der Waals surface area contributed by atoms with Crippen LogP contribution < -0.4 is 11.5 Å². The lowest BCUT2D eigenvalue weighted by Gasteiger charge is -1.96. The van der Waals surface area contributed by atoms with Gasteiger partial charge in [0.25, 0.3) is 0 Å². The van der Waals surface area contributed by atoms with Gasteiger partial charge in [-0.05, 0) is 6.07 Å². The van der Waals surface area contributed by atoms with Crippen molar-refractivity contribution in [2.75, 3.05) is 5.73 Å². The van der Waals surface area contributed by atoms with Crippen LogP contribution in [0.25, 0.3) is 0 Å². The third-order valence-electron chi connectivity index (χ3n) is 1.38. The van der Waals surface area contributed by atoms with Crippen LogP contribution in [0.5, 0.6) is 0 Å². The third-order valence-corrected chi connectivity index (χ3v) is 2.07. The Kier molecular flexibility index (Phi) is 2.38. The van der Waals surface area contributed by atoms with E-state index in [-0.39, 0.29) is 15.9 Å². The van der Waals surface area contributed by atoms with Gasteiger partial charge in [-0.15, -0.1) is 0 Å². The molecule has 0 radical (unpaired) electrons. The first-order chi connectivity index (χ1) is 6.02. The van der Waals surface area contributed by atoms with Crippen LogP contribution in [0.4, 0.5) is 5.69 Å². The van der Waals surface area contributed by atoms with Crippen molar-refractivity contribution in [3.05, 3.63) is 22.5 Å². The van der Waals surface area contributed by atoms with E-state index in [1.54, 1.807) is 0 Å². The van der Waals surface area contributed by atoms with Crippen molar-refractivity contribution in [2.45, 2.75) is 0 Å². The van der Waals surface area contributed by atoms with Crippen molar-refractivity contribution in [3.63, 3.8) is 0 Å². The molecule has 6 nitrogen and oxygen atoms in total. The van der Waals surface area contributed by atoms with Crippen molar-refractivity contribution < 1.29 is 13.2 Å². The van der Waals surface area contributed by atoms with Crippen LogP contribution in [0.15, 0.2) is 12.3 Å². The summed E-state index contributed by atoms with van der Waals surface area (Å²) < 4.78 is 20.8. The average molecular weight is 201 g/mol. The summed E-state index contributed by atoms with van der Waals surface area (Å²) in [4.78, 5) is 13.0. The number of nitrogens with one attached hydrogen (secondary N) is 1. The zero-order chi connectivity index (χ0) is 10.0. The molecule has 0 bridgehead atoms. The van der Waals surface area contributed by atoms with Crippen LogP contribution in [-0.2, 0) is 10.3 Å². The second-order valence-electron chi connectivity index (χ2n) is 2.27. The minimum atomic E-state index is -2.44. The van der Waals surface area contributed by atoms with Gasteiger partial charge in [-0.1, -0.05) is 0 Å². The highest BCUT2D eigenvalue weighted by Gasteiger charge is 2.01. The molecule has 0 aliphatic carbocycles. The molecule has 0 fully saturated rings. The number of hydrogen-bond donors (Lipinski definition) is 3. The molecule has 0 spiro atoms. The number of amides is 1. The van der Waals surface area contributed by atoms with Crippen LogP contribution in [0.1, 0.15) is 10.4 Å². The number of rotatable bonds is 1. The molecule has 1 aromatic rings. The smallest absolute Gasteiger partial charge is 0.250 e. The number of aromatic amines is 1. The maximum Gasteiger partial charge on any atom is 0.250 e. The van der Waals surface area contributed by atoms with Gasteiger partial charge in [0, 0.05) is 6.20 Å². The van der Waals surface area contributed by atoms with Gasteiger partial charge >= 0.3 is 0 Å². The number of pyridine rings is 1. The maximum atomic E-state index is 10.6.